The number of nitrogens with two attached hydrogens (primary N) is 1. The van der Waals surface area contributed by atoms with Gasteiger partial charge in [-0.3, -0.25) is 0 Å². The van der Waals surface area contributed by atoms with Gasteiger partial charge in [-0.1, -0.05) is 0 Å². The van der Waals surface area contributed by atoms with Gasteiger partial charge in [0.25, 0.3) is 0 Å². The molecule has 0 fully saturated rings. The van der Waals surface area contributed by atoms with E-state index in [1.807, 2.05) is 24.4 Å². The van der Waals surface area contributed by atoms with Gasteiger partial charge in [0.2, 0.25) is 0 Å². The second kappa shape index (κ2) is 2.41. The fourth-order valence-corrected chi connectivity index (χ4v) is 1.76. The zero-order chi connectivity index (χ0) is 7.84. The third-order valence-electron chi connectivity index (χ3n) is 1.70. The van der Waals surface area contributed by atoms with Crippen molar-refractivity contribution >= 4 is 39.2 Å². The Balaban J connectivity index is 2.93. The van der Waals surface area contributed by atoms with E-state index in [0.717, 1.165) is 14.8 Å². The number of aromatic nitrogens is 1. The van der Waals surface area contributed by atoms with Crippen LogP contribution in [0.25, 0.3) is 10.9 Å². The summed E-state index contributed by atoms with van der Waals surface area (Å²) in [5.74, 6) is 0. The van der Waals surface area contributed by atoms with Crippen LogP contribution in [0.3, 0.4) is 0 Å². The van der Waals surface area contributed by atoms with Crippen molar-refractivity contribution in [3.05, 3.63) is 28.0 Å². The molecule has 0 unspecified atom stereocenters. The molecule has 2 nitrogen and oxygen atoms in total. The van der Waals surface area contributed by atoms with Crippen molar-refractivity contribution in [1.29, 1.82) is 0 Å². The van der Waals surface area contributed by atoms with Gasteiger partial charge in [0.05, 0.1) is 0 Å². The number of anilines is 1. The van der Waals surface area contributed by atoms with Crippen LogP contribution in [0.5, 0.6) is 0 Å². The van der Waals surface area contributed by atoms with Crippen LogP contribution >= 0.6 is 22.6 Å². The van der Waals surface area contributed by atoms with Crippen molar-refractivity contribution in [3.8, 4) is 0 Å². The number of nitrogen functional groups attached to an aromatic ring is 1. The summed E-state index contributed by atoms with van der Waals surface area (Å²) in [6.45, 7) is 0. The van der Waals surface area contributed by atoms with E-state index in [-0.39, 0.29) is 0 Å². The maximum atomic E-state index is 5.72. The average molecular weight is 258 g/mol. The lowest BCUT2D eigenvalue weighted by molar-refractivity contribution is 1.48. The molecular formula is C8H7IN2. The number of rotatable bonds is 0. The van der Waals surface area contributed by atoms with Gasteiger partial charge in [0.1, 0.15) is 0 Å². The first-order valence-electron chi connectivity index (χ1n) is 3.30. The first-order chi connectivity index (χ1) is 5.29. The van der Waals surface area contributed by atoms with E-state index in [0.29, 0.717) is 0 Å². The third kappa shape index (κ3) is 0.994. The quantitative estimate of drug-likeness (QED) is 0.552. The molecule has 0 amide bonds. The number of aromatic amines is 1. The molecule has 2 aromatic rings. The maximum Gasteiger partial charge on any atom is 0.0466 e. The predicted octanol–water partition coefficient (Wildman–Crippen LogP) is 2.35. The molecule has 0 aliphatic heterocycles. The molecule has 0 radical (unpaired) electrons. The molecule has 1 aromatic carbocycles. The highest BCUT2D eigenvalue weighted by atomic mass is 127. The van der Waals surface area contributed by atoms with Gasteiger partial charge in [-0.25, -0.2) is 0 Å². The predicted molar refractivity (Wildman–Crippen MR) is 55.4 cm³/mol. The molecule has 0 aliphatic carbocycles. The van der Waals surface area contributed by atoms with E-state index in [4.69, 9.17) is 5.73 Å². The van der Waals surface area contributed by atoms with Gasteiger partial charge in [-0.05, 0) is 40.8 Å². The number of benzene rings is 1. The van der Waals surface area contributed by atoms with Gasteiger partial charge < -0.3 is 10.7 Å². The van der Waals surface area contributed by atoms with Crippen molar-refractivity contribution in [2.75, 3.05) is 5.73 Å². The standard InChI is InChI=1S/C8H7IN2/c9-8-5-3-4-11-7(5)2-1-6(8)10/h1-4,11H,10H2. The van der Waals surface area contributed by atoms with Crippen LogP contribution in [0.15, 0.2) is 24.4 Å². The molecule has 0 saturated carbocycles. The molecule has 0 saturated heterocycles. The van der Waals surface area contributed by atoms with E-state index in [1.54, 1.807) is 0 Å². The first kappa shape index (κ1) is 6.97. The Morgan fingerprint density at radius 1 is 1.27 bits per heavy atom. The lowest BCUT2D eigenvalue weighted by Gasteiger charge is -1.97. The number of fused-ring (bicyclic) bond motifs is 1. The summed E-state index contributed by atoms with van der Waals surface area (Å²) < 4.78 is 1.13. The molecule has 1 aromatic heterocycles. The summed E-state index contributed by atoms with van der Waals surface area (Å²) in [5, 5.41) is 1.20. The molecule has 0 bridgehead atoms. The van der Waals surface area contributed by atoms with Crippen LogP contribution < -0.4 is 5.73 Å². The molecular weight excluding hydrogens is 251 g/mol. The van der Waals surface area contributed by atoms with Crippen LogP contribution in [0.1, 0.15) is 0 Å². The Hall–Kier alpha value is -0.710. The topological polar surface area (TPSA) is 41.8 Å². The van der Waals surface area contributed by atoms with Crippen LogP contribution in [0.4, 0.5) is 5.69 Å². The number of nitrogens with one attached hydrogen (secondary N) is 1. The van der Waals surface area contributed by atoms with Crippen molar-refractivity contribution in [2.24, 2.45) is 0 Å². The third-order valence-corrected chi connectivity index (χ3v) is 2.90. The summed E-state index contributed by atoms with van der Waals surface area (Å²) in [4.78, 5) is 3.13. The van der Waals surface area contributed by atoms with Gasteiger partial charge in [-0.2, -0.15) is 0 Å². The lowest BCUT2D eigenvalue weighted by atomic mass is 10.2. The highest BCUT2D eigenvalue weighted by Crippen LogP contribution is 2.24. The number of halogens is 1. The Bertz CT molecular complexity index is 392. The zero-order valence-electron chi connectivity index (χ0n) is 5.76. The summed E-state index contributed by atoms with van der Waals surface area (Å²) in [6, 6.07) is 5.95. The Labute approximate surface area is 77.9 Å². The monoisotopic (exact) mass is 258 g/mol. The minimum Gasteiger partial charge on any atom is -0.398 e. The smallest absolute Gasteiger partial charge is 0.0466 e. The fraction of sp³-hybridized carbons (Fsp3) is 0. The molecule has 11 heavy (non-hydrogen) atoms. The van der Waals surface area contributed by atoms with E-state index < -0.39 is 0 Å². The van der Waals surface area contributed by atoms with Crippen molar-refractivity contribution in [3.63, 3.8) is 0 Å². The molecule has 2 rings (SSSR count). The normalized spacial score (nSPS) is 10.6. The maximum absolute atomic E-state index is 5.72. The van der Waals surface area contributed by atoms with Crippen molar-refractivity contribution < 1.29 is 0 Å². The minimum atomic E-state index is 0.845. The molecule has 0 spiro atoms. The van der Waals surface area contributed by atoms with Gasteiger partial charge in [-0.15, -0.1) is 0 Å². The Morgan fingerprint density at radius 3 is 2.91 bits per heavy atom. The fourth-order valence-electron chi connectivity index (χ4n) is 1.11. The molecule has 56 valence electrons. The highest BCUT2D eigenvalue weighted by molar-refractivity contribution is 14.1. The van der Waals surface area contributed by atoms with Crippen molar-refractivity contribution in [1.82, 2.24) is 4.98 Å². The van der Waals surface area contributed by atoms with Crippen LogP contribution in [-0.2, 0) is 0 Å². The number of hydrogen-bond acceptors (Lipinski definition) is 1. The van der Waals surface area contributed by atoms with Crippen LogP contribution in [0, 0.1) is 3.57 Å². The molecule has 1 heterocycles. The largest absolute Gasteiger partial charge is 0.398 e. The second-order valence-electron chi connectivity index (χ2n) is 2.41. The summed E-state index contributed by atoms with van der Waals surface area (Å²) in [5.41, 5.74) is 7.71. The summed E-state index contributed by atoms with van der Waals surface area (Å²) >= 11 is 2.25. The van der Waals surface area contributed by atoms with E-state index in [2.05, 4.69) is 27.6 Å². The van der Waals surface area contributed by atoms with Gasteiger partial charge in [0, 0.05) is 26.4 Å². The number of hydrogen-bond donors (Lipinski definition) is 2. The lowest BCUT2D eigenvalue weighted by Crippen LogP contribution is -1.88. The molecule has 3 heteroatoms. The summed E-state index contributed by atoms with van der Waals surface area (Å²) in [7, 11) is 0. The first-order valence-corrected chi connectivity index (χ1v) is 4.38. The Morgan fingerprint density at radius 2 is 2.09 bits per heavy atom. The van der Waals surface area contributed by atoms with Gasteiger partial charge >= 0.3 is 0 Å². The highest BCUT2D eigenvalue weighted by Gasteiger charge is 2.00. The Kier molecular flexibility index (Phi) is 1.52. The van der Waals surface area contributed by atoms with Crippen LogP contribution in [0.2, 0.25) is 0 Å². The van der Waals surface area contributed by atoms with E-state index >= 15 is 0 Å². The van der Waals surface area contributed by atoms with E-state index in [1.165, 1.54) is 5.39 Å². The average Bonchev–Trinajstić information content (AvgIpc) is 2.45. The van der Waals surface area contributed by atoms with E-state index in [9.17, 15) is 0 Å². The molecule has 3 N–H and O–H groups in total. The van der Waals surface area contributed by atoms with Crippen molar-refractivity contribution in [2.45, 2.75) is 0 Å². The summed E-state index contributed by atoms with van der Waals surface area (Å²) in [6.07, 6.45) is 1.92. The minimum absolute atomic E-state index is 0.845. The second-order valence-corrected chi connectivity index (χ2v) is 3.49. The molecule has 0 atom stereocenters. The van der Waals surface area contributed by atoms with Crippen LogP contribution in [-0.4, -0.2) is 4.98 Å². The number of H-pyrrole nitrogens is 1. The SMILES string of the molecule is Nc1ccc2[nH]ccc2c1I. The molecule has 0 aliphatic rings. The van der Waals surface area contributed by atoms with Gasteiger partial charge in [0.15, 0.2) is 0 Å². The zero-order valence-corrected chi connectivity index (χ0v) is 7.92.